The maximum Gasteiger partial charge on any atom is 0.264 e. The zero-order valence-corrected chi connectivity index (χ0v) is 13.8. The fourth-order valence-corrected chi connectivity index (χ4v) is 2.57. The molecule has 0 unspecified atom stereocenters. The van der Waals surface area contributed by atoms with Crippen molar-refractivity contribution in [1.29, 1.82) is 0 Å². The van der Waals surface area contributed by atoms with Crippen LogP contribution in [0.15, 0.2) is 54.2 Å². The van der Waals surface area contributed by atoms with Crippen molar-refractivity contribution < 1.29 is 4.79 Å². The number of benzene rings is 1. The highest BCUT2D eigenvalue weighted by Gasteiger charge is 2.11. The summed E-state index contributed by atoms with van der Waals surface area (Å²) in [6.45, 7) is -0.137. The van der Waals surface area contributed by atoms with Crippen molar-refractivity contribution in [2.24, 2.45) is 7.05 Å². The Labute approximate surface area is 146 Å². The quantitative estimate of drug-likeness (QED) is 0.568. The molecule has 3 heterocycles. The molecule has 4 rings (SSSR count). The van der Waals surface area contributed by atoms with Gasteiger partial charge in [-0.1, -0.05) is 0 Å². The largest absolute Gasteiger partial charge is 0.325 e. The van der Waals surface area contributed by atoms with Gasteiger partial charge >= 0.3 is 0 Å². The van der Waals surface area contributed by atoms with E-state index in [0.717, 1.165) is 5.69 Å². The monoisotopic (exact) mass is 350 g/mol. The van der Waals surface area contributed by atoms with E-state index in [0.29, 0.717) is 16.7 Å². The fourth-order valence-electron chi connectivity index (χ4n) is 2.57. The molecule has 0 atom stereocenters. The average molecular weight is 350 g/mol. The summed E-state index contributed by atoms with van der Waals surface area (Å²) in [6, 6.07) is 7.11. The van der Waals surface area contributed by atoms with Gasteiger partial charge in [0.15, 0.2) is 5.65 Å². The number of aryl methyl sites for hydroxylation is 1. The number of rotatable bonds is 4. The minimum atomic E-state index is -0.328. The van der Waals surface area contributed by atoms with Gasteiger partial charge in [-0.2, -0.15) is 10.2 Å². The zero-order chi connectivity index (χ0) is 18.1. The second-order valence-electron chi connectivity index (χ2n) is 5.62. The Morgan fingerprint density at radius 1 is 1.15 bits per heavy atom. The summed E-state index contributed by atoms with van der Waals surface area (Å²) >= 11 is 0. The van der Waals surface area contributed by atoms with Crippen LogP contribution in [0.1, 0.15) is 0 Å². The molecule has 1 amide bonds. The number of nitrogens with one attached hydrogen (secondary N) is 1. The number of amides is 1. The molecule has 0 bridgehead atoms. The second-order valence-corrected chi connectivity index (χ2v) is 5.62. The molecule has 0 saturated carbocycles. The van der Waals surface area contributed by atoms with E-state index in [1.165, 1.54) is 28.1 Å². The van der Waals surface area contributed by atoms with E-state index in [2.05, 4.69) is 25.5 Å². The molecule has 0 aliphatic rings. The number of fused-ring (bicyclic) bond motifs is 1. The van der Waals surface area contributed by atoms with Gasteiger partial charge in [0.2, 0.25) is 5.91 Å². The number of anilines is 1. The number of hydrogen-bond donors (Lipinski definition) is 1. The van der Waals surface area contributed by atoms with Crippen LogP contribution in [0.5, 0.6) is 0 Å². The lowest BCUT2D eigenvalue weighted by atomic mass is 10.3. The number of hydrogen-bond acceptors (Lipinski definition) is 6. The van der Waals surface area contributed by atoms with Gasteiger partial charge in [0, 0.05) is 12.7 Å². The summed E-state index contributed by atoms with van der Waals surface area (Å²) in [4.78, 5) is 32.7. The molecule has 130 valence electrons. The Morgan fingerprint density at radius 2 is 1.96 bits per heavy atom. The Hall–Kier alpha value is -3.82. The summed E-state index contributed by atoms with van der Waals surface area (Å²) < 4.78 is 4.38. The summed E-state index contributed by atoms with van der Waals surface area (Å²) in [5, 5.41) is 11.2. The van der Waals surface area contributed by atoms with E-state index in [1.807, 2.05) is 0 Å². The Bertz CT molecular complexity index is 1130. The van der Waals surface area contributed by atoms with Gasteiger partial charge in [0.05, 0.1) is 11.9 Å². The highest BCUT2D eigenvalue weighted by molar-refractivity contribution is 5.90. The Kier molecular flexibility index (Phi) is 3.77. The maximum absolute atomic E-state index is 12.4. The molecule has 0 radical (unpaired) electrons. The zero-order valence-electron chi connectivity index (χ0n) is 13.8. The molecule has 1 aromatic carbocycles. The van der Waals surface area contributed by atoms with Crippen LogP contribution in [-0.4, -0.2) is 40.0 Å². The third kappa shape index (κ3) is 2.83. The van der Waals surface area contributed by atoms with Crippen LogP contribution in [0, 0.1) is 0 Å². The highest BCUT2D eigenvalue weighted by Crippen LogP contribution is 2.12. The smallest absolute Gasteiger partial charge is 0.264 e. The summed E-state index contributed by atoms with van der Waals surface area (Å²) in [5.41, 5.74) is 1.61. The van der Waals surface area contributed by atoms with E-state index in [-0.39, 0.29) is 18.0 Å². The van der Waals surface area contributed by atoms with Gasteiger partial charge in [0.25, 0.3) is 5.56 Å². The fraction of sp³-hybridized carbons (Fsp3) is 0.125. The first-order valence-corrected chi connectivity index (χ1v) is 7.74. The minimum Gasteiger partial charge on any atom is -0.325 e. The van der Waals surface area contributed by atoms with E-state index < -0.39 is 0 Å². The van der Waals surface area contributed by atoms with Crippen molar-refractivity contribution in [3.63, 3.8) is 0 Å². The molecule has 10 nitrogen and oxygen atoms in total. The van der Waals surface area contributed by atoms with Crippen molar-refractivity contribution in [1.82, 2.24) is 34.1 Å². The van der Waals surface area contributed by atoms with E-state index in [1.54, 1.807) is 42.3 Å². The lowest BCUT2D eigenvalue weighted by Gasteiger charge is -2.08. The van der Waals surface area contributed by atoms with Crippen molar-refractivity contribution in [2.45, 2.75) is 6.54 Å². The van der Waals surface area contributed by atoms with Crippen LogP contribution in [-0.2, 0) is 18.4 Å². The molecule has 0 spiro atoms. The molecular weight excluding hydrogens is 336 g/mol. The standard InChI is InChI=1S/C16H14N8O2/c1-22-15-13(6-19-22)16(26)23(10-18-15)7-14(25)21-11-2-4-12(5-3-11)24-9-17-8-20-24/h2-6,8-10H,7H2,1H3,(H,21,25). The van der Waals surface area contributed by atoms with Gasteiger partial charge < -0.3 is 5.32 Å². The highest BCUT2D eigenvalue weighted by atomic mass is 16.2. The van der Waals surface area contributed by atoms with Gasteiger partial charge in [0.1, 0.15) is 30.9 Å². The van der Waals surface area contributed by atoms with E-state index in [9.17, 15) is 9.59 Å². The van der Waals surface area contributed by atoms with Crippen molar-refractivity contribution in [3.8, 4) is 5.69 Å². The van der Waals surface area contributed by atoms with Crippen LogP contribution < -0.4 is 10.9 Å². The van der Waals surface area contributed by atoms with Crippen molar-refractivity contribution in [2.75, 3.05) is 5.32 Å². The number of nitrogens with zero attached hydrogens (tertiary/aromatic N) is 7. The van der Waals surface area contributed by atoms with Crippen LogP contribution in [0.3, 0.4) is 0 Å². The topological polar surface area (TPSA) is 113 Å². The molecule has 3 aromatic heterocycles. The Balaban J connectivity index is 1.49. The molecule has 0 aliphatic heterocycles. The summed E-state index contributed by atoms with van der Waals surface area (Å²) in [5.74, 6) is -0.328. The molecule has 4 aromatic rings. The SMILES string of the molecule is Cn1ncc2c(=O)n(CC(=O)Nc3ccc(-n4cncn4)cc3)cnc21. The van der Waals surface area contributed by atoms with Crippen LogP contribution >= 0.6 is 0 Å². The van der Waals surface area contributed by atoms with Crippen molar-refractivity contribution in [3.05, 3.63) is 59.8 Å². The molecule has 0 fully saturated rings. The molecule has 0 saturated heterocycles. The van der Waals surface area contributed by atoms with Crippen LogP contribution in [0.2, 0.25) is 0 Å². The average Bonchev–Trinajstić information content (AvgIpc) is 3.29. The summed E-state index contributed by atoms with van der Waals surface area (Å²) in [6.07, 6.45) is 5.82. The van der Waals surface area contributed by atoms with E-state index in [4.69, 9.17) is 0 Å². The molecule has 0 aliphatic carbocycles. The molecular formula is C16H14N8O2. The first-order valence-electron chi connectivity index (χ1n) is 7.74. The lowest BCUT2D eigenvalue weighted by molar-refractivity contribution is -0.116. The van der Waals surface area contributed by atoms with E-state index >= 15 is 0 Å². The summed E-state index contributed by atoms with van der Waals surface area (Å²) in [7, 11) is 1.70. The number of aromatic nitrogens is 7. The van der Waals surface area contributed by atoms with Gasteiger partial charge in [-0.05, 0) is 24.3 Å². The predicted molar refractivity (Wildman–Crippen MR) is 92.8 cm³/mol. The van der Waals surface area contributed by atoms with Crippen molar-refractivity contribution >= 4 is 22.6 Å². The maximum atomic E-state index is 12.4. The third-order valence-corrected chi connectivity index (χ3v) is 3.87. The second kappa shape index (κ2) is 6.24. The normalized spacial score (nSPS) is 11.0. The lowest BCUT2D eigenvalue weighted by Crippen LogP contribution is -2.27. The van der Waals surface area contributed by atoms with Gasteiger partial charge in [-0.15, -0.1) is 0 Å². The Morgan fingerprint density at radius 3 is 2.69 bits per heavy atom. The third-order valence-electron chi connectivity index (χ3n) is 3.87. The predicted octanol–water partition coefficient (Wildman–Crippen LogP) is 0.349. The van der Waals surface area contributed by atoms with Gasteiger partial charge in [-0.3, -0.25) is 18.8 Å². The van der Waals surface area contributed by atoms with Crippen LogP contribution in [0.4, 0.5) is 5.69 Å². The molecule has 1 N–H and O–H groups in total. The molecule has 10 heteroatoms. The minimum absolute atomic E-state index is 0.137. The number of carbonyl (C=O) groups excluding carboxylic acids is 1. The first kappa shape index (κ1) is 15.7. The van der Waals surface area contributed by atoms with Gasteiger partial charge in [-0.25, -0.2) is 14.6 Å². The van der Waals surface area contributed by atoms with Crippen LogP contribution in [0.25, 0.3) is 16.7 Å². The molecule has 26 heavy (non-hydrogen) atoms. The first-order chi connectivity index (χ1) is 12.6. The number of carbonyl (C=O) groups is 1.